The topological polar surface area (TPSA) is 482 Å². The number of azide groups is 3. The van der Waals surface area contributed by atoms with Crippen molar-refractivity contribution in [3.63, 3.8) is 0 Å². The van der Waals surface area contributed by atoms with Crippen LogP contribution in [-0.4, -0.2) is 286 Å². The first-order valence-corrected chi connectivity index (χ1v) is 49.4. The molecular formula is C99H135N9O28Si. The van der Waals surface area contributed by atoms with Crippen LogP contribution in [0.2, 0.25) is 5.04 Å². The first kappa shape index (κ1) is 105. The minimum atomic E-state index is -3.49. The number of methoxy groups -OCH3 is 1. The highest BCUT2D eigenvalue weighted by Crippen LogP contribution is 2.46. The Morgan fingerprint density at radius 3 is 0.869 bits per heavy atom. The Labute approximate surface area is 800 Å². The van der Waals surface area contributed by atoms with Crippen molar-refractivity contribution in [2.24, 2.45) is 50.9 Å². The summed E-state index contributed by atoms with van der Waals surface area (Å²) in [4.78, 5) is 9.84. The first-order chi connectivity index (χ1) is 66.1. The summed E-state index contributed by atoms with van der Waals surface area (Å²) in [5, 5.41) is 98.4. The van der Waals surface area contributed by atoms with Crippen molar-refractivity contribution in [3.8, 4) is 0 Å². The third-order valence-electron chi connectivity index (χ3n) is 28.3. The van der Waals surface area contributed by atoms with Gasteiger partial charge in [0.15, 0.2) is 50.3 Å². The monoisotopic (exact) mass is 1930 g/mol. The second-order valence-electron chi connectivity index (χ2n) is 38.2. The molecule has 8 aliphatic heterocycles. The molecule has 0 aromatic heterocycles. The fraction of sp³-hybridized carbons (Fsp3) is 0.636. The summed E-state index contributed by atoms with van der Waals surface area (Å²) < 4.78 is 142. The molecule has 38 heteroatoms. The van der Waals surface area contributed by atoms with E-state index in [0.717, 1.165) is 21.5 Å². The lowest BCUT2D eigenvalue weighted by molar-refractivity contribution is -0.381. The van der Waals surface area contributed by atoms with Gasteiger partial charge in [-0.2, -0.15) is 0 Å². The molecule has 0 saturated carbocycles. The molecule has 0 aliphatic carbocycles. The quantitative estimate of drug-likeness (QED) is 0.00819. The van der Waals surface area contributed by atoms with Crippen LogP contribution in [0.3, 0.4) is 0 Å². The van der Waals surface area contributed by atoms with Crippen molar-refractivity contribution in [1.29, 1.82) is 0 Å². The van der Waals surface area contributed by atoms with Gasteiger partial charge in [0.1, 0.15) is 85.5 Å². The van der Waals surface area contributed by atoms with E-state index in [2.05, 4.69) is 75.1 Å². The lowest BCUT2D eigenvalue weighted by atomic mass is 9.84. The molecule has 8 heterocycles. The molecule has 8 fully saturated rings. The standard InChI is InChI=1S/C99H135N9O28Si/c1-53-54(2)91(116-14)126-69(45-109)80(53)130-96-77(113)88(118-49-64-35-23-16-24-36-64)87(62(10)123-96)136-94-75(105-108-102)58(6)83(72(129-94)52-121-137(99(11,12)13,67-41-29-19-30-42-67)68-43-31-20-32-44-68)133-98-79(115)90(120-51-66-39-27-18-28-40-66)86(61(9)125-98)135-93-74(104-107-101)57(5)82(71(47-111)128-93)132-97-78(114)89(119-50-65-37-25-17-26-38-65)85(60(8)124-97)134-92-73(103-106-100)56(4)81(70(46-110)127-92)131-95-76(112)84(55(3)59(7)122-95)117-48-63-33-21-15-22-34-63/h15-44,53-62,69-98,109-115H,45-52H2,1-14H3/t53-,54?,55-,56-,57-,58-,59?,60?,61?,62?,69?,70?,71?,72?,73?,74?,75?,76?,77?,78?,79?,80+,81-,82+,83-,84-,85-,86-,87-,88+,89+,90+,91+,92+,93-,94-,95+,96+,97+,98+/m1/s1. The number of rotatable bonds is 38. The average molecular weight is 1930 g/mol. The number of aliphatic hydroxyl groups excluding tert-OH is 7. The smallest absolute Gasteiger partial charge is 0.261 e. The normalized spacial score (nSPS) is 38.8. The van der Waals surface area contributed by atoms with Gasteiger partial charge >= 0.3 is 0 Å². The Bertz CT molecular complexity index is 4790. The van der Waals surface area contributed by atoms with Gasteiger partial charge in [0.25, 0.3) is 8.32 Å². The zero-order chi connectivity index (χ0) is 97.5. The van der Waals surface area contributed by atoms with Gasteiger partial charge in [-0.1, -0.05) is 260 Å². The first-order valence-electron chi connectivity index (χ1n) is 47.5. The van der Waals surface area contributed by atoms with Crippen molar-refractivity contribution in [3.05, 3.63) is 236 Å². The predicted octanol–water partition coefficient (Wildman–Crippen LogP) is 10.4. The highest BCUT2D eigenvalue weighted by molar-refractivity contribution is 6.99. The SMILES string of the molecule is CO[C@H]1OC(CO)[C@@H](O[C@@H]2OC(C)[C@@H](O[C@H]3OC(CO[Si](c4ccccc4)(c4ccccc4)C(C)(C)C)[C@H](O[C@@H]4OC(C)[C@@H](O[C@H]5OC(CO)[C@@H](O[C@@H]6OC(C)[C@@H](O[C@@H]7OC(CO)[C@H](O[C@@H]8OC(C)[C@@H](C)[C@@H](OCc9ccccc9)C8O)[C@H](C)C7N=[N+]=[N-])[C@@H](OCc7ccccc7)C6O)[C@H](C)C5N=[N+]=[N-])[C@@H](OCc5ccccc5)C4O)[C@H](C)C3N=[N+]=[N-])[C@@H](OCc3ccccc3)C2O)[C@H](C)C1C. The highest BCUT2D eigenvalue weighted by atomic mass is 28.4. The number of aliphatic hydroxyl groups is 7. The summed E-state index contributed by atoms with van der Waals surface area (Å²) in [5.74, 6) is -3.38. The summed E-state index contributed by atoms with van der Waals surface area (Å²) >= 11 is 0. The summed E-state index contributed by atoms with van der Waals surface area (Å²) in [5.41, 5.74) is 34.6. The van der Waals surface area contributed by atoms with E-state index >= 15 is 0 Å². The second kappa shape index (κ2) is 48.4. The van der Waals surface area contributed by atoms with Crippen molar-refractivity contribution >= 4 is 18.7 Å². The Kier molecular flexibility index (Phi) is 37.2. The van der Waals surface area contributed by atoms with Crippen LogP contribution < -0.4 is 10.4 Å². The molecule has 7 N–H and O–H groups in total. The maximum atomic E-state index is 13.4. The molecule has 0 amide bonds. The molecule has 6 aromatic rings. The van der Waals surface area contributed by atoms with Crippen molar-refractivity contribution in [2.45, 2.75) is 330 Å². The highest BCUT2D eigenvalue weighted by Gasteiger charge is 2.61. The number of hydrogen-bond acceptors (Lipinski definition) is 31. The lowest BCUT2D eigenvalue weighted by Gasteiger charge is -2.52. The third kappa shape index (κ3) is 24.0. The number of nitrogens with zero attached hydrogens (tertiary/aromatic N) is 9. The Hall–Kier alpha value is -7.65. The molecule has 8 aliphatic rings. The minimum Gasteiger partial charge on any atom is -0.405 e. The molecule has 8 saturated heterocycles. The summed E-state index contributed by atoms with van der Waals surface area (Å²) in [6, 6.07) is 53.4. The number of benzene rings is 6. The van der Waals surface area contributed by atoms with Crippen LogP contribution in [0.15, 0.2) is 197 Å². The van der Waals surface area contributed by atoms with Gasteiger partial charge in [0.05, 0.1) is 126 Å². The maximum Gasteiger partial charge on any atom is 0.261 e. The molecule has 37 nitrogen and oxygen atoms in total. The van der Waals surface area contributed by atoms with E-state index in [-0.39, 0.29) is 50.8 Å². The van der Waals surface area contributed by atoms with E-state index in [1.165, 1.54) is 7.11 Å². The van der Waals surface area contributed by atoms with Crippen LogP contribution in [0.4, 0.5) is 0 Å². The molecule has 137 heavy (non-hydrogen) atoms. The zero-order valence-corrected chi connectivity index (χ0v) is 80.8. The average Bonchev–Trinajstić information content (AvgIpc) is 0.723. The number of ether oxygens (including phenoxy) is 20. The predicted molar refractivity (Wildman–Crippen MR) is 496 cm³/mol. The zero-order valence-electron chi connectivity index (χ0n) is 79.8. The van der Waals surface area contributed by atoms with Gasteiger partial charge in [-0.3, -0.25) is 0 Å². The second-order valence-corrected chi connectivity index (χ2v) is 42.5. The maximum absolute atomic E-state index is 13.4. The van der Waals surface area contributed by atoms with Crippen LogP contribution in [-0.2, 0) is 126 Å². The fourth-order valence-electron chi connectivity index (χ4n) is 20.4. The molecular weight excluding hydrogens is 1790 g/mol. The molecule has 6 aromatic carbocycles. The number of hydrogen-bond donors (Lipinski definition) is 7. The van der Waals surface area contributed by atoms with Crippen LogP contribution in [0.5, 0.6) is 0 Å². The van der Waals surface area contributed by atoms with E-state index in [1.54, 1.807) is 41.5 Å². The molecule has 40 atom stereocenters. The third-order valence-corrected chi connectivity index (χ3v) is 33.4. The van der Waals surface area contributed by atoms with E-state index in [4.69, 9.17) is 99.2 Å². The van der Waals surface area contributed by atoms with Crippen LogP contribution in [0.25, 0.3) is 31.3 Å². The molecule has 0 bridgehead atoms. The molecule has 0 radical (unpaired) electrons. The van der Waals surface area contributed by atoms with Crippen LogP contribution in [0.1, 0.15) is 112 Å². The van der Waals surface area contributed by atoms with Crippen molar-refractivity contribution < 1.29 is 135 Å². The summed E-state index contributed by atoms with van der Waals surface area (Å²) in [6.45, 7) is 22.4. The minimum absolute atomic E-state index is 0.00124. The molecule has 0 spiro atoms. The fourth-order valence-corrected chi connectivity index (χ4v) is 24.9. The van der Waals surface area contributed by atoms with Crippen molar-refractivity contribution in [1.82, 2.24) is 0 Å². The van der Waals surface area contributed by atoms with Gasteiger partial charge in [-0.05, 0) is 106 Å². The largest absolute Gasteiger partial charge is 0.405 e. The lowest BCUT2D eigenvalue weighted by Crippen LogP contribution is -2.68. The van der Waals surface area contributed by atoms with Crippen LogP contribution in [0, 0.1) is 35.5 Å². The van der Waals surface area contributed by atoms with Crippen molar-refractivity contribution in [2.75, 3.05) is 33.5 Å². The van der Waals surface area contributed by atoms with E-state index in [1.807, 2.05) is 185 Å². The van der Waals surface area contributed by atoms with Crippen LogP contribution >= 0.6 is 0 Å². The van der Waals surface area contributed by atoms with Gasteiger partial charge in [0.2, 0.25) is 0 Å². The summed E-state index contributed by atoms with van der Waals surface area (Å²) in [7, 11) is -1.96. The van der Waals surface area contributed by atoms with Gasteiger partial charge in [-0.25, -0.2) is 0 Å². The summed E-state index contributed by atoms with van der Waals surface area (Å²) in [6.07, 6.45) is -38.1. The Balaban J connectivity index is 0.725. The van der Waals surface area contributed by atoms with E-state index < -0.39 is 260 Å². The molecule has 748 valence electrons. The molecule has 14 rings (SSSR count). The van der Waals surface area contributed by atoms with E-state index in [9.17, 15) is 52.3 Å². The molecule has 16 unspecified atom stereocenters. The van der Waals surface area contributed by atoms with E-state index in [0.29, 0.717) is 11.1 Å². The van der Waals surface area contributed by atoms with Gasteiger partial charge in [-0.15, -0.1) is 0 Å². The Morgan fingerprint density at radius 2 is 0.569 bits per heavy atom. The van der Waals surface area contributed by atoms with Gasteiger partial charge in [0, 0.05) is 33.7 Å². The Morgan fingerprint density at radius 1 is 0.307 bits per heavy atom. The van der Waals surface area contributed by atoms with Gasteiger partial charge < -0.3 is 135 Å².